The first kappa shape index (κ1) is 12.2. The molecule has 19 heavy (non-hydrogen) atoms. The maximum atomic E-state index is 5.33. The second-order valence-corrected chi connectivity index (χ2v) is 5.24. The molecule has 1 heterocycles. The normalized spacial score (nSPS) is 13.7. The van der Waals surface area contributed by atoms with Crippen molar-refractivity contribution in [2.75, 3.05) is 14.2 Å². The zero-order valence-corrected chi connectivity index (χ0v) is 11.7. The third-order valence-corrected chi connectivity index (χ3v) is 4.27. The smallest absolute Gasteiger partial charge is 0.161 e. The van der Waals surface area contributed by atoms with Crippen molar-refractivity contribution in [2.45, 2.75) is 11.4 Å². The van der Waals surface area contributed by atoms with E-state index >= 15 is 0 Å². The Morgan fingerprint density at radius 1 is 1.16 bits per heavy atom. The number of nitrogens with zero attached hydrogens (tertiary/aromatic N) is 1. The maximum absolute atomic E-state index is 5.33. The fraction of sp³-hybridized carbons (Fsp3) is 0.200. The number of rotatable bonds is 3. The molecule has 4 heteroatoms. The van der Waals surface area contributed by atoms with Crippen LogP contribution in [0.25, 0.3) is 0 Å². The van der Waals surface area contributed by atoms with Crippen LogP contribution in [-0.2, 0) is 6.54 Å². The van der Waals surface area contributed by atoms with E-state index in [-0.39, 0.29) is 0 Å². The van der Waals surface area contributed by atoms with E-state index in [4.69, 9.17) is 9.47 Å². The van der Waals surface area contributed by atoms with Crippen LogP contribution in [-0.4, -0.2) is 19.3 Å². The fourth-order valence-corrected chi connectivity index (χ4v) is 3.08. The predicted octanol–water partition coefficient (Wildman–Crippen LogP) is 3.48. The van der Waals surface area contributed by atoms with Crippen LogP contribution in [0.5, 0.6) is 11.5 Å². The molecule has 98 valence electrons. The van der Waals surface area contributed by atoms with Crippen molar-refractivity contribution in [1.29, 1.82) is 0 Å². The van der Waals surface area contributed by atoms with Crippen LogP contribution in [0.3, 0.4) is 0 Å². The average molecular weight is 272 g/mol. The number of hydrogen-bond acceptors (Lipinski definition) is 4. The van der Waals surface area contributed by atoms with E-state index in [0.717, 1.165) is 28.7 Å². The minimum Gasteiger partial charge on any atom is -0.493 e. The van der Waals surface area contributed by atoms with E-state index < -0.39 is 0 Å². The zero-order valence-electron chi connectivity index (χ0n) is 10.8. The Labute approximate surface area is 116 Å². The highest BCUT2D eigenvalue weighted by atomic mass is 32.2. The lowest BCUT2D eigenvalue weighted by Crippen LogP contribution is -2.02. The first-order valence-corrected chi connectivity index (χ1v) is 6.82. The van der Waals surface area contributed by atoms with Gasteiger partial charge in [0, 0.05) is 12.1 Å². The number of thioether (sulfide) groups is 1. The molecule has 0 aliphatic carbocycles. The molecule has 0 saturated carbocycles. The van der Waals surface area contributed by atoms with Crippen LogP contribution in [0.15, 0.2) is 46.3 Å². The van der Waals surface area contributed by atoms with Crippen LogP contribution >= 0.6 is 11.8 Å². The molecular weight excluding hydrogens is 258 g/mol. The van der Waals surface area contributed by atoms with Crippen LogP contribution in [0.1, 0.15) is 11.1 Å². The summed E-state index contributed by atoms with van der Waals surface area (Å²) in [6.45, 7) is 0.749. The fourth-order valence-electron chi connectivity index (χ4n) is 2.08. The van der Waals surface area contributed by atoms with Gasteiger partial charge in [-0.1, -0.05) is 11.8 Å². The molecule has 1 aliphatic rings. The zero-order chi connectivity index (χ0) is 13.2. The van der Waals surface area contributed by atoms with E-state index in [1.54, 1.807) is 26.0 Å². The SMILES string of the molecule is COc1ccc(C2=NC[c-]3cccc3S2)cc1OC. The molecule has 0 bridgehead atoms. The summed E-state index contributed by atoms with van der Waals surface area (Å²) >= 11 is 1.70. The Balaban J connectivity index is 1.93. The molecule has 2 aromatic carbocycles. The molecule has 1 aliphatic heterocycles. The summed E-state index contributed by atoms with van der Waals surface area (Å²) in [6.07, 6.45) is 0. The summed E-state index contributed by atoms with van der Waals surface area (Å²) in [5.74, 6) is 1.47. The molecule has 0 fully saturated rings. The van der Waals surface area contributed by atoms with E-state index in [1.807, 2.05) is 18.2 Å². The average Bonchev–Trinajstić information content (AvgIpc) is 2.93. The van der Waals surface area contributed by atoms with Crippen molar-refractivity contribution in [3.05, 3.63) is 47.5 Å². The van der Waals surface area contributed by atoms with Crippen molar-refractivity contribution >= 4 is 16.8 Å². The van der Waals surface area contributed by atoms with E-state index in [1.165, 1.54) is 10.5 Å². The van der Waals surface area contributed by atoms with E-state index in [0.29, 0.717) is 0 Å². The first-order valence-electron chi connectivity index (χ1n) is 6.01. The van der Waals surface area contributed by atoms with Crippen molar-refractivity contribution in [3.8, 4) is 11.5 Å². The predicted molar refractivity (Wildman–Crippen MR) is 77.7 cm³/mol. The van der Waals surface area contributed by atoms with Gasteiger partial charge in [-0.2, -0.15) is 12.1 Å². The van der Waals surface area contributed by atoms with E-state index in [2.05, 4.69) is 23.2 Å². The van der Waals surface area contributed by atoms with E-state index in [9.17, 15) is 0 Å². The van der Waals surface area contributed by atoms with Gasteiger partial charge in [-0.3, -0.25) is 4.99 Å². The maximum Gasteiger partial charge on any atom is 0.161 e. The Morgan fingerprint density at radius 3 is 2.79 bits per heavy atom. The largest absolute Gasteiger partial charge is 0.493 e. The summed E-state index contributed by atoms with van der Waals surface area (Å²) in [7, 11) is 3.29. The quantitative estimate of drug-likeness (QED) is 0.802. The number of aliphatic imine (C=N–C) groups is 1. The molecule has 0 aromatic heterocycles. The van der Waals surface area contributed by atoms with Gasteiger partial charge in [0.2, 0.25) is 0 Å². The molecule has 2 aromatic rings. The number of ether oxygens (including phenoxy) is 2. The topological polar surface area (TPSA) is 30.8 Å². The lowest BCUT2D eigenvalue weighted by atomic mass is 10.2. The van der Waals surface area contributed by atoms with Gasteiger partial charge in [-0.15, -0.1) is 10.5 Å². The van der Waals surface area contributed by atoms with Crippen LogP contribution in [0.2, 0.25) is 0 Å². The Hall–Kier alpha value is -1.81. The minimum atomic E-state index is 0.733. The number of benzene rings is 1. The lowest BCUT2D eigenvalue weighted by Gasteiger charge is -2.18. The van der Waals surface area contributed by atoms with Gasteiger partial charge in [-0.05, 0) is 18.2 Å². The van der Waals surface area contributed by atoms with Crippen molar-refractivity contribution in [1.82, 2.24) is 0 Å². The summed E-state index contributed by atoms with van der Waals surface area (Å²) in [6, 6.07) is 12.2. The molecule has 0 N–H and O–H groups in total. The molecule has 0 radical (unpaired) electrons. The second kappa shape index (κ2) is 5.05. The highest BCUT2D eigenvalue weighted by Crippen LogP contribution is 2.35. The summed E-state index contributed by atoms with van der Waals surface area (Å²) in [5.41, 5.74) is 2.36. The van der Waals surface area contributed by atoms with Gasteiger partial charge in [-0.25, -0.2) is 6.07 Å². The molecule has 0 saturated heterocycles. The minimum absolute atomic E-state index is 0.733. The van der Waals surface area contributed by atoms with Crippen molar-refractivity contribution < 1.29 is 9.47 Å². The third-order valence-electron chi connectivity index (χ3n) is 3.09. The van der Waals surface area contributed by atoms with Gasteiger partial charge < -0.3 is 9.47 Å². The summed E-state index contributed by atoms with van der Waals surface area (Å²) < 4.78 is 10.6. The molecule has 0 atom stereocenters. The van der Waals surface area contributed by atoms with Crippen LogP contribution in [0.4, 0.5) is 0 Å². The number of fused-ring (bicyclic) bond motifs is 1. The molecule has 0 unspecified atom stereocenters. The Kier molecular flexibility index (Phi) is 3.25. The number of methoxy groups -OCH3 is 2. The van der Waals surface area contributed by atoms with Gasteiger partial charge in [0.15, 0.2) is 11.5 Å². The molecular formula is C15H14NO2S-. The van der Waals surface area contributed by atoms with Gasteiger partial charge in [0.1, 0.15) is 0 Å². The second-order valence-electron chi connectivity index (χ2n) is 4.21. The number of hydrogen-bond donors (Lipinski definition) is 0. The van der Waals surface area contributed by atoms with Crippen LogP contribution in [0, 0.1) is 0 Å². The van der Waals surface area contributed by atoms with Crippen molar-refractivity contribution in [2.24, 2.45) is 4.99 Å². The standard InChI is InChI=1S/C15H14NO2S/c1-17-12-7-6-10(8-13(12)18-2)15-16-9-11-4-3-5-14(11)19-15/h3-8H,9H2,1-2H3/q-1. The molecule has 3 nitrogen and oxygen atoms in total. The summed E-state index contributed by atoms with van der Waals surface area (Å²) in [5, 5.41) is 1.03. The highest BCUT2D eigenvalue weighted by Gasteiger charge is 2.13. The molecule has 0 amide bonds. The van der Waals surface area contributed by atoms with Crippen LogP contribution < -0.4 is 9.47 Å². The third kappa shape index (κ3) is 2.24. The van der Waals surface area contributed by atoms with Gasteiger partial charge >= 0.3 is 0 Å². The van der Waals surface area contributed by atoms with Gasteiger partial charge in [0.25, 0.3) is 0 Å². The Bertz CT molecular complexity index is 631. The highest BCUT2D eigenvalue weighted by molar-refractivity contribution is 8.14. The first-order chi connectivity index (χ1) is 9.31. The lowest BCUT2D eigenvalue weighted by molar-refractivity contribution is 0.355. The van der Waals surface area contributed by atoms with Gasteiger partial charge in [0.05, 0.1) is 19.3 Å². The summed E-state index contributed by atoms with van der Waals surface area (Å²) in [4.78, 5) is 5.92. The van der Waals surface area contributed by atoms with Crippen molar-refractivity contribution in [3.63, 3.8) is 0 Å². The molecule has 0 spiro atoms. The monoisotopic (exact) mass is 272 g/mol. The molecule has 3 rings (SSSR count). The Morgan fingerprint density at radius 2 is 2.00 bits per heavy atom.